The summed E-state index contributed by atoms with van der Waals surface area (Å²) in [5, 5.41) is 3.07. The third-order valence-electron chi connectivity index (χ3n) is 2.51. The number of nitrogens with two attached hydrogens (primary N) is 1. The number of imidazole rings is 1. The first-order valence-corrected chi connectivity index (χ1v) is 5.88. The largest absolute Gasteiger partial charge is 0.370 e. The van der Waals surface area contributed by atoms with Crippen LogP contribution in [0.3, 0.4) is 0 Å². The fraction of sp³-hybridized carbons (Fsp3) is 0.231. The fourth-order valence-electron chi connectivity index (χ4n) is 1.55. The Labute approximate surface area is 106 Å². The van der Waals surface area contributed by atoms with E-state index in [2.05, 4.69) is 15.3 Å². The standard InChI is InChI=1S/C13H17N5/c14-13(16-7-9-18-8-6-15-11-18)17-10-12-4-2-1-3-5-12/h1-6,8,11H,7,9-10H2,(H3,14,16,17). The zero-order valence-corrected chi connectivity index (χ0v) is 10.2. The van der Waals surface area contributed by atoms with Gasteiger partial charge in [0.15, 0.2) is 5.96 Å². The van der Waals surface area contributed by atoms with Crippen LogP contribution in [0, 0.1) is 0 Å². The van der Waals surface area contributed by atoms with Crippen LogP contribution in [0.25, 0.3) is 0 Å². The van der Waals surface area contributed by atoms with Gasteiger partial charge in [-0.3, -0.25) is 0 Å². The van der Waals surface area contributed by atoms with Gasteiger partial charge in [0, 0.05) is 25.5 Å². The number of benzene rings is 1. The van der Waals surface area contributed by atoms with Crippen LogP contribution in [-0.4, -0.2) is 22.1 Å². The van der Waals surface area contributed by atoms with Gasteiger partial charge in [-0.1, -0.05) is 30.3 Å². The third-order valence-corrected chi connectivity index (χ3v) is 2.51. The Bertz CT molecular complexity index is 475. The molecule has 5 nitrogen and oxygen atoms in total. The molecule has 0 saturated heterocycles. The average molecular weight is 243 g/mol. The van der Waals surface area contributed by atoms with Crippen LogP contribution < -0.4 is 11.1 Å². The number of hydrogen-bond donors (Lipinski definition) is 2. The SMILES string of the molecule is NC(=NCc1ccccc1)NCCn1ccnc1. The summed E-state index contributed by atoms with van der Waals surface area (Å²) in [6, 6.07) is 10.0. The van der Waals surface area contributed by atoms with Gasteiger partial charge < -0.3 is 15.6 Å². The molecule has 18 heavy (non-hydrogen) atoms. The Kier molecular flexibility index (Phi) is 4.35. The summed E-state index contributed by atoms with van der Waals surface area (Å²) < 4.78 is 1.98. The normalized spacial score (nSPS) is 11.4. The monoisotopic (exact) mass is 243 g/mol. The summed E-state index contributed by atoms with van der Waals surface area (Å²) in [7, 11) is 0. The number of aromatic nitrogens is 2. The Morgan fingerprint density at radius 1 is 1.33 bits per heavy atom. The maximum Gasteiger partial charge on any atom is 0.188 e. The summed E-state index contributed by atoms with van der Waals surface area (Å²) in [5.74, 6) is 0.471. The van der Waals surface area contributed by atoms with Crippen LogP contribution in [0.2, 0.25) is 0 Å². The van der Waals surface area contributed by atoms with E-state index in [1.807, 2.05) is 41.1 Å². The van der Waals surface area contributed by atoms with Crippen molar-refractivity contribution in [1.29, 1.82) is 0 Å². The zero-order valence-electron chi connectivity index (χ0n) is 10.2. The molecule has 0 spiro atoms. The highest BCUT2D eigenvalue weighted by Crippen LogP contribution is 1.99. The van der Waals surface area contributed by atoms with Crippen molar-refractivity contribution in [3.8, 4) is 0 Å². The van der Waals surface area contributed by atoms with E-state index >= 15 is 0 Å². The average Bonchev–Trinajstić information content (AvgIpc) is 2.91. The summed E-state index contributed by atoms with van der Waals surface area (Å²) in [6.45, 7) is 2.16. The van der Waals surface area contributed by atoms with E-state index in [1.54, 1.807) is 12.5 Å². The van der Waals surface area contributed by atoms with Crippen molar-refractivity contribution in [2.75, 3.05) is 6.54 Å². The Morgan fingerprint density at radius 2 is 2.17 bits per heavy atom. The van der Waals surface area contributed by atoms with Gasteiger partial charge in [0.2, 0.25) is 0 Å². The first-order chi connectivity index (χ1) is 8.84. The van der Waals surface area contributed by atoms with Crippen molar-refractivity contribution in [2.24, 2.45) is 10.7 Å². The predicted octanol–water partition coefficient (Wildman–Crippen LogP) is 0.988. The van der Waals surface area contributed by atoms with E-state index in [4.69, 9.17) is 5.73 Å². The predicted molar refractivity (Wildman–Crippen MR) is 72.0 cm³/mol. The maximum atomic E-state index is 5.78. The van der Waals surface area contributed by atoms with Gasteiger partial charge in [-0.2, -0.15) is 0 Å². The van der Waals surface area contributed by atoms with Crippen molar-refractivity contribution in [2.45, 2.75) is 13.1 Å². The van der Waals surface area contributed by atoms with Gasteiger partial charge in [-0.05, 0) is 5.56 Å². The molecule has 1 aromatic carbocycles. The summed E-state index contributed by atoms with van der Waals surface area (Å²) >= 11 is 0. The van der Waals surface area contributed by atoms with Gasteiger partial charge in [0.05, 0.1) is 12.9 Å². The molecule has 3 N–H and O–H groups in total. The van der Waals surface area contributed by atoms with Crippen molar-refractivity contribution in [3.63, 3.8) is 0 Å². The maximum absolute atomic E-state index is 5.78. The molecule has 0 aliphatic rings. The second kappa shape index (κ2) is 6.44. The Hall–Kier alpha value is -2.30. The topological polar surface area (TPSA) is 68.2 Å². The van der Waals surface area contributed by atoms with Crippen LogP contribution in [0.1, 0.15) is 5.56 Å². The second-order valence-electron chi connectivity index (χ2n) is 3.91. The number of rotatable bonds is 5. The molecular weight excluding hydrogens is 226 g/mol. The van der Waals surface area contributed by atoms with Crippen molar-refractivity contribution in [1.82, 2.24) is 14.9 Å². The minimum Gasteiger partial charge on any atom is -0.370 e. The molecule has 0 atom stereocenters. The lowest BCUT2D eigenvalue weighted by molar-refractivity contribution is 0.670. The molecular formula is C13H17N5. The van der Waals surface area contributed by atoms with Crippen molar-refractivity contribution < 1.29 is 0 Å². The van der Waals surface area contributed by atoms with Crippen LogP contribution in [0.15, 0.2) is 54.0 Å². The molecule has 0 aliphatic heterocycles. The molecule has 5 heteroatoms. The first-order valence-electron chi connectivity index (χ1n) is 5.88. The van der Waals surface area contributed by atoms with Crippen LogP contribution in [0.4, 0.5) is 0 Å². The molecule has 0 aliphatic carbocycles. The highest BCUT2D eigenvalue weighted by molar-refractivity contribution is 5.77. The lowest BCUT2D eigenvalue weighted by Crippen LogP contribution is -2.33. The zero-order chi connectivity index (χ0) is 12.6. The Balaban J connectivity index is 1.72. The van der Waals surface area contributed by atoms with E-state index in [-0.39, 0.29) is 0 Å². The highest BCUT2D eigenvalue weighted by atomic mass is 15.1. The number of hydrogen-bond acceptors (Lipinski definition) is 2. The highest BCUT2D eigenvalue weighted by Gasteiger charge is 1.93. The molecule has 2 rings (SSSR count). The van der Waals surface area contributed by atoms with Crippen LogP contribution in [0.5, 0.6) is 0 Å². The van der Waals surface area contributed by atoms with Gasteiger partial charge in [-0.25, -0.2) is 9.98 Å². The van der Waals surface area contributed by atoms with E-state index < -0.39 is 0 Å². The molecule has 1 heterocycles. The molecule has 0 unspecified atom stereocenters. The Morgan fingerprint density at radius 3 is 2.89 bits per heavy atom. The quantitative estimate of drug-likeness (QED) is 0.608. The van der Waals surface area contributed by atoms with Gasteiger partial charge >= 0.3 is 0 Å². The summed E-state index contributed by atoms with van der Waals surface area (Å²) in [6.07, 6.45) is 5.45. The van der Waals surface area contributed by atoms with Crippen LogP contribution in [-0.2, 0) is 13.1 Å². The van der Waals surface area contributed by atoms with E-state index in [1.165, 1.54) is 0 Å². The molecule has 0 bridgehead atoms. The van der Waals surface area contributed by atoms with E-state index in [0.29, 0.717) is 12.5 Å². The lowest BCUT2D eigenvalue weighted by atomic mass is 10.2. The molecule has 1 aromatic heterocycles. The summed E-state index contributed by atoms with van der Waals surface area (Å²) in [4.78, 5) is 8.24. The van der Waals surface area contributed by atoms with Gasteiger partial charge in [-0.15, -0.1) is 0 Å². The lowest BCUT2D eigenvalue weighted by Gasteiger charge is -2.06. The van der Waals surface area contributed by atoms with Gasteiger partial charge in [0.1, 0.15) is 0 Å². The third kappa shape index (κ3) is 3.93. The fourth-order valence-corrected chi connectivity index (χ4v) is 1.55. The van der Waals surface area contributed by atoms with Crippen molar-refractivity contribution >= 4 is 5.96 Å². The molecule has 0 amide bonds. The summed E-state index contributed by atoms with van der Waals surface area (Å²) in [5.41, 5.74) is 6.92. The van der Waals surface area contributed by atoms with Crippen LogP contribution >= 0.6 is 0 Å². The molecule has 0 fully saturated rings. The first kappa shape index (κ1) is 12.2. The minimum atomic E-state index is 0.471. The van der Waals surface area contributed by atoms with Gasteiger partial charge in [0.25, 0.3) is 0 Å². The molecule has 2 aromatic rings. The molecule has 94 valence electrons. The molecule has 0 radical (unpaired) electrons. The van der Waals surface area contributed by atoms with Crippen molar-refractivity contribution in [3.05, 3.63) is 54.6 Å². The number of nitrogens with one attached hydrogen (secondary N) is 1. The smallest absolute Gasteiger partial charge is 0.188 e. The molecule has 0 saturated carbocycles. The minimum absolute atomic E-state index is 0.471. The van der Waals surface area contributed by atoms with E-state index in [0.717, 1.165) is 18.7 Å². The second-order valence-corrected chi connectivity index (χ2v) is 3.91. The van der Waals surface area contributed by atoms with E-state index in [9.17, 15) is 0 Å². The number of nitrogens with zero attached hydrogens (tertiary/aromatic N) is 3. The number of aliphatic imine (C=N–C) groups is 1. The number of guanidine groups is 1.